The molecule has 1 aromatic rings. The minimum Gasteiger partial charge on any atom is -0.383 e. The van der Waals surface area contributed by atoms with Gasteiger partial charge in [0.2, 0.25) is 10.0 Å². The number of hydrogen-bond acceptors (Lipinski definition) is 4. The van der Waals surface area contributed by atoms with Crippen molar-refractivity contribution in [2.45, 2.75) is 11.4 Å². The third-order valence-corrected chi connectivity index (χ3v) is 4.81. The maximum atomic E-state index is 12.0. The molecular formula is C14H24N4O3S. The van der Waals surface area contributed by atoms with Gasteiger partial charge in [0.05, 0.1) is 11.5 Å². The van der Waals surface area contributed by atoms with E-state index in [-0.39, 0.29) is 4.90 Å². The van der Waals surface area contributed by atoms with E-state index >= 15 is 0 Å². The van der Waals surface area contributed by atoms with Crippen LogP contribution in [0.1, 0.15) is 5.56 Å². The SMILES string of the molecule is CN=C(NCCOC)NCc1ccc(S(=O)(=O)N(C)C)cc1. The highest BCUT2D eigenvalue weighted by molar-refractivity contribution is 7.89. The normalized spacial score (nSPS) is 12.5. The molecular weight excluding hydrogens is 304 g/mol. The first-order chi connectivity index (χ1) is 10.4. The van der Waals surface area contributed by atoms with E-state index in [1.807, 2.05) is 0 Å². The lowest BCUT2D eigenvalue weighted by Crippen LogP contribution is -2.38. The summed E-state index contributed by atoms with van der Waals surface area (Å²) in [5.41, 5.74) is 0.965. The molecule has 2 N–H and O–H groups in total. The second-order valence-corrected chi connectivity index (χ2v) is 6.93. The molecule has 0 spiro atoms. The number of sulfonamides is 1. The standard InChI is InChI=1S/C14H24N4O3S/c1-15-14(16-9-10-21-4)17-11-12-5-7-13(8-6-12)22(19,20)18(2)3/h5-8H,9-11H2,1-4H3,(H2,15,16,17). The molecule has 124 valence electrons. The van der Waals surface area contributed by atoms with Gasteiger partial charge in [-0.1, -0.05) is 12.1 Å². The molecule has 22 heavy (non-hydrogen) atoms. The molecule has 0 amide bonds. The minimum atomic E-state index is -3.38. The smallest absolute Gasteiger partial charge is 0.242 e. The Hall–Kier alpha value is -1.64. The summed E-state index contributed by atoms with van der Waals surface area (Å²) in [5.74, 6) is 0.669. The van der Waals surface area contributed by atoms with Crippen molar-refractivity contribution in [2.24, 2.45) is 4.99 Å². The Morgan fingerprint density at radius 1 is 1.23 bits per heavy atom. The number of methoxy groups -OCH3 is 1. The zero-order valence-electron chi connectivity index (χ0n) is 13.5. The number of hydrogen-bond donors (Lipinski definition) is 2. The third-order valence-electron chi connectivity index (χ3n) is 2.98. The molecule has 1 rings (SSSR count). The molecule has 0 aromatic heterocycles. The molecule has 0 aliphatic rings. The topological polar surface area (TPSA) is 83.0 Å². The first-order valence-electron chi connectivity index (χ1n) is 6.86. The van der Waals surface area contributed by atoms with Crippen LogP contribution in [0.2, 0.25) is 0 Å². The van der Waals surface area contributed by atoms with E-state index in [9.17, 15) is 8.42 Å². The van der Waals surface area contributed by atoms with Crippen LogP contribution in [0.25, 0.3) is 0 Å². The van der Waals surface area contributed by atoms with Crippen LogP contribution in [-0.4, -0.2) is 60.1 Å². The zero-order chi connectivity index (χ0) is 16.6. The summed E-state index contributed by atoms with van der Waals surface area (Å²) < 4.78 is 30.1. The Morgan fingerprint density at radius 2 is 1.86 bits per heavy atom. The summed E-state index contributed by atoms with van der Waals surface area (Å²) >= 11 is 0. The molecule has 1 aromatic carbocycles. The van der Waals surface area contributed by atoms with Gasteiger partial charge < -0.3 is 15.4 Å². The highest BCUT2D eigenvalue weighted by Crippen LogP contribution is 2.13. The van der Waals surface area contributed by atoms with Crippen molar-refractivity contribution in [3.63, 3.8) is 0 Å². The molecule has 0 saturated carbocycles. The zero-order valence-corrected chi connectivity index (χ0v) is 14.3. The first-order valence-corrected chi connectivity index (χ1v) is 8.30. The Bertz CT molecular complexity index is 583. The summed E-state index contributed by atoms with van der Waals surface area (Å²) in [4.78, 5) is 4.37. The molecule has 0 bridgehead atoms. The number of ether oxygens (including phenoxy) is 1. The third kappa shape index (κ3) is 5.28. The van der Waals surface area contributed by atoms with Gasteiger partial charge in [0.25, 0.3) is 0 Å². The van der Waals surface area contributed by atoms with Crippen molar-refractivity contribution in [1.82, 2.24) is 14.9 Å². The molecule has 0 saturated heterocycles. The number of nitrogens with zero attached hydrogens (tertiary/aromatic N) is 2. The second-order valence-electron chi connectivity index (χ2n) is 4.78. The van der Waals surface area contributed by atoms with E-state index in [1.165, 1.54) is 18.4 Å². The number of nitrogens with one attached hydrogen (secondary N) is 2. The molecule has 7 nitrogen and oxygen atoms in total. The summed E-state index contributed by atoms with van der Waals surface area (Å²) in [7, 11) is 2.98. The maximum Gasteiger partial charge on any atom is 0.242 e. The Kier molecular flexibility index (Phi) is 7.30. The number of aliphatic imine (C=N–C) groups is 1. The van der Waals surface area contributed by atoms with Crippen LogP contribution >= 0.6 is 0 Å². The van der Waals surface area contributed by atoms with E-state index < -0.39 is 10.0 Å². The predicted molar refractivity (Wildman–Crippen MR) is 87.4 cm³/mol. The summed E-state index contributed by atoms with van der Waals surface area (Å²) in [6.07, 6.45) is 0. The molecule has 0 heterocycles. The first kappa shape index (κ1) is 18.4. The average molecular weight is 328 g/mol. The fraction of sp³-hybridized carbons (Fsp3) is 0.500. The van der Waals surface area contributed by atoms with E-state index in [2.05, 4.69) is 15.6 Å². The fourth-order valence-corrected chi connectivity index (χ4v) is 2.57. The van der Waals surface area contributed by atoms with E-state index in [1.54, 1.807) is 38.4 Å². The Balaban J connectivity index is 2.61. The van der Waals surface area contributed by atoms with Crippen molar-refractivity contribution >= 4 is 16.0 Å². The van der Waals surface area contributed by atoms with E-state index in [0.717, 1.165) is 5.56 Å². The van der Waals surface area contributed by atoms with Crippen molar-refractivity contribution in [3.05, 3.63) is 29.8 Å². The fourth-order valence-electron chi connectivity index (χ4n) is 1.67. The van der Waals surface area contributed by atoms with Crippen LogP contribution in [0.4, 0.5) is 0 Å². The Labute approximate surface area is 132 Å². The van der Waals surface area contributed by atoms with Gasteiger partial charge in [-0.15, -0.1) is 0 Å². The largest absolute Gasteiger partial charge is 0.383 e. The van der Waals surface area contributed by atoms with Crippen LogP contribution < -0.4 is 10.6 Å². The molecule has 0 unspecified atom stereocenters. The monoisotopic (exact) mass is 328 g/mol. The highest BCUT2D eigenvalue weighted by atomic mass is 32.2. The lowest BCUT2D eigenvalue weighted by atomic mass is 10.2. The molecule has 8 heteroatoms. The van der Waals surface area contributed by atoms with Crippen molar-refractivity contribution in [3.8, 4) is 0 Å². The summed E-state index contributed by atoms with van der Waals surface area (Å²) in [6.45, 7) is 1.81. The van der Waals surface area contributed by atoms with Gasteiger partial charge in [-0.05, 0) is 17.7 Å². The van der Waals surface area contributed by atoms with Crippen molar-refractivity contribution in [1.29, 1.82) is 0 Å². The predicted octanol–water partition coefficient (Wildman–Crippen LogP) is 0.248. The van der Waals surface area contributed by atoms with Crippen LogP contribution in [0, 0.1) is 0 Å². The number of guanidine groups is 1. The van der Waals surface area contributed by atoms with Gasteiger partial charge in [0, 0.05) is 41.3 Å². The molecule has 0 aliphatic heterocycles. The van der Waals surface area contributed by atoms with Gasteiger partial charge in [0.15, 0.2) is 5.96 Å². The van der Waals surface area contributed by atoms with Crippen LogP contribution in [0.15, 0.2) is 34.2 Å². The highest BCUT2D eigenvalue weighted by Gasteiger charge is 2.16. The molecule has 0 atom stereocenters. The van der Waals surface area contributed by atoms with Gasteiger partial charge in [0.1, 0.15) is 0 Å². The van der Waals surface area contributed by atoms with Gasteiger partial charge >= 0.3 is 0 Å². The minimum absolute atomic E-state index is 0.281. The molecule has 0 fully saturated rings. The summed E-state index contributed by atoms with van der Waals surface area (Å²) in [6, 6.07) is 6.78. The average Bonchev–Trinajstić information content (AvgIpc) is 2.51. The van der Waals surface area contributed by atoms with Crippen LogP contribution in [0.5, 0.6) is 0 Å². The van der Waals surface area contributed by atoms with Crippen molar-refractivity contribution in [2.75, 3.05) is 41.4 Å². The second kappa shape index (κ2) is 8.72. The van der Waals surface area contributed by atoms with E-state index in [4.69, 9.17) is 4.74 Å². The Morgan fingerprint density at radius 3 is 2.36 bits per heavy atom. The van der Waals surface area contributed by atoms with Crippen LogP contribution in [-0.2, 0) is 21.3 Å². The number of benzene rings is 1. The van der Waals surface area contributed by atoms with Crippen molar-refractivity contribution < 1.29 is 13.2 Å². The van der Waals surface area contributed by atoms with Gasteiger partial charge in [-0.2, -0.15) is 0 Å². The van der Waals surface area contributed by atoms with E-state index in [0.29, 0.717) is 25.7 Å². The van der Waals surface area contributed by atoms with Crippen LogP contribution in [0.3, 0.4) is 0 Å². The quantitative estimate of drug-likeness (QED) is 0.426. The lowest BCUT2D eigenvalue weighted by Gasteiger charge is -2.13. The molecule has 0 radical (unpaired) electrons. The maximum absolute atomic E-state index is 12.0. The lowest BCUT2D eigenvalue weighted by molar-refractivity contribution is 0.203. The summed E-state index contributed by atoms with van der Waals surface area (Å²) in [5, 5.41) is 6.25. The number of rotatable bonds is 7. The molecule has 0 aliphatic carbocycles. The van der Waals surface area contributed by atoms with Gasteiger partial charge in [-0.3, -0.25) is 4.99 Å². The van der Waals surface area contributed by atoms with Gasteiger partial charge in [-0.25, -0.2) is 12.7 Å².